The summed E-state index contributed by atoms with van der Waals surface area (Å²) in [6.07, 6.45) is 5.39. The zero-order valence-electron chi connectivity index (χ0n) is 10.4. The van der Waals surface area contributed by atoms with Gasteiger partial charge in [-0.1, -0.05) is 26.7 Å². The smallest absolute Gasteiger partial charge is 0.0625 e. The second-order valence-electron chi connectivity index (χ2n) is 5.13. The fourth-order valence-corrected chi connectivity index (χ4v) is 2.77. The van der Waals surface area contributed by atoms with E-state index in [1.165, 1.54) is 42.6 Å². The maximum absolute atomic E-state index is 4.73. The highest BCUT2D eigenvalue weighted by atomic mass is 15.3. The van der Waals surface area contributed by atoms with Crippen LogP contribution in [0.25, 0.3) is 0 Å². The molecule has 2 nitrogen and oxygen atoms in total. The second-order valence-corrected chi connectivity index (χ2v) is 5.13. The lowest BCUT2D eigenvalue weighted by Gasteiger charge is -2.17. The molecule has 0 unspecified atom stereocenters. The average molecular weight is 206 g/mol. The van der Waals surface area contributed by atoms with Gasteiger partial charge in [-0.05, 0) is 38.2 Å². The molecule has 1 heterocycles. The van der Waals surface area contributed by atoms with Crippen LogP contribution in [0.5, 0.6) is 0 Å². The molecule has 0 spiro atoms. The van der Waals surface area contributed by atoms with Crippen LogP contribution in [0.15, 0.2) is 0 Å². The predicted octanol–water partition coefficient (Wildman–Crippen LogP) is 3.74. The molecule has 0 atom stereocenters. The van der Waals surface area contributed by atoms with Crippen LogP contribution in [0, 0.1) is 13.8 Å². The fraction of sp³-hybridized carbons (Fsp3) is 0.769. The number of rotatable bonds is 2. The Balaban J connectivity index is 2.40. The number of nitrogens with zero attached hydrogens (tertiary/aromatic N) is 2. The van der Waals surface area contributed by atoms with Gasteiger partial charge in [0.2, 0.25) is 0 Å². The van der Waals surface area contributed by atoms with Crippen molar-refractivity contribution < 1.29 is 0 Å². The third kappa shape index (κ3) is 1.82. The molecule has 0 bridgehead atoms. The maximum Gasteiger partial charge on any atom is 0.0625 e. The van der Waals surface area contributed by atoms with Gasteiger partial charge in [0.05, 0.1) is 11.7 Å². The lowest BCUT2D eigenvalue weighted by molar-refractivity contribution is 0.440. The van der Waals surface area contributed by atoms with Crippen LogP contribution in [-0.4, -0.2) is 9.78 Å². The van der Waals surface area contributed by atoms with E-state index >= 15 is 0 Å². The van der Waals surface area contributed by atoms with Crippen molar-refractivity contribution in [3.63, 3.8) is 0 Å². The summed E-state index contributed by atoms with van der Waals surface area (Å²) >= 11 is 0. The van der Waals surface area contributed by atoms with Crippen LogP contribution in [0.1, 0.15) is 68.4 Å². The zero-order chi connectivity index (χ0) is 11.0. The Kier molecular flexibility index (Phi) is 2.85. The molecule has 2 rings (SSSR count). The number of hydrogen-bond donors (Lipinski definition) is 0. The van der Waals surface area contributed by atoms with Gasteiger partial charge in [0.15, 0.2) is 0 Å². The van der Waals surface area contributed by atoms with E-state index in [1.807, 2.05) is 0 Å². The van der Waals surface area contributed by atoms with Crippen molar-refractivity contribution in [2.24, 2.45) is 0 Å². The zero-order valence-corrected chi connectivity index (χ0v) is 10.4. The molecule has 0 saturated heterocycles. The van der Waals surface area contributed by atoms with Crippen molar-refractivity contribution in [1.29, 1.82) is 0 Å². The first-order valence-corrected chi connectivity index (χ1v) is 6.17. The first-order valence-electron chi connectivity index (χ1n) is 6.17. The monoisotopic (exact) mass is 206 g/mol. The van der Waals surface area contributed by atoms with Gasteiger partial charge in [-0.2, -0.15) is 5.10 Å². The molecule has 1 aromatic heterocycles. The highest BCUT2D eigenvalue weighted by molar-refractivity contribution is 5.26. The molecule has 1 aromatic rings. The molecule has 0 aliphatic heterocycles. The summed E-state index contributed by atoms with van der Waals surface area (Å²) < 4.78 is 2.32. The molecule has 1 saturated carbocycles. The average Bonchev–Trinajstić information content (AvgIpc) is 2.75. The lowest BCUT2D eigenvalue weighted by Crippen LogP contribution is -2.12. The Morgan fingerprint density at radius 1 is 1.20 bits per heavy atom. The molecule has 2 heteroatoms. The predicted molar refractivity (Wildman–Crippen MR) is 63.3 cm³/mol. The molecular formula is C13H22N2. The summed E-state index contributed by atoms with van der Waals surface area (Å²) in [5.74, 6) is 0.590. The van der Waals surface area contributed by atoms with E-state index < -0.39 is 0 Å². The van der Waals surface area contributed by atoms with Crippen molar-refractivity contribution in [2.75, 3.05) is 0 Å². The van der Waals surface area contributed by atoms with Gasteiger partial charge in [0.1, 0.15) is 0 Å². The molecule has 0 amide bonds. The highest BCUT2D eigenvalue weighted by Crippen LogP contribution is 2.33. The molecule has 1 aliphatic rings. The minimum absolute atomic E-state index is 0.590. The van der Waals surface area contributed by atoms with Gasteiger partial charge in [0, 0.05) is 5.69 Å². The summed E-state index contributed by atoms with van der Waals surface area (Å²) in [7, 11) is 0. The molecular weight excluding hydrogens is 184 g/mol. The first-order chi connectivity index (χ1) is 7.11. The van der Waals surface area contributed by atoms with Gasteiger partial charge in [-0.25, -0.2) is 0 Å². The summed E-state index contributed by atoms with van der Waals surface area (Å²) in [4.78, 5) is 0. The third-order valence-corrected chi connectivity index (χ3v) is 3.65. The Morgan fingerprint density at radius 3 is 2.33 bits per heavy atom. The minimum atomic E-state index is 0.590. The van der Waals surface area contributed by atoms with Crippen molar-refractivity contribution in [2.45, 2.75) is 65.3 Å². The normalized spacial score (nSPS) is 17.9. The van der Waals surface area contributed by atoms with E-state index in [1.54, 1.807) is 0 Å². The van der Waals surface area contributed by atoms with E-state index in [4.69, 9.17) is 5.10 Å². The highest BCUT2D eigenvalue weighted by Gasteiger charge is 2.23. The first kappa shape index (κ1) is 10.7. The van der Waals surface area contributed by atoms with Crippen LogP contribution in [0.2, 0.25) is 0 Å². The number of aryl methyl sites for hydroxylation is 1. The molecule has 1 fully saturated rings. The quantitative estimate of drug-likeness (QED) is 0.720. The van der Waals surface area contributed by atoms with Crippen LogP contribution < -0.4 is 0 Å². The number of aromatic nitrogens is 2. The van der Waals surface area contributed by atoms with Crippen molar-refractivity contribution in [3.8, 4) is 0 Å². The number of hydrogen-bond acceptors (Lipinski definition) is 1. The molecule has 1 aliphatic carbocycles. The summed E-state index contributed by atoms with van der Waals surface area (Å²) in [6.45, 7) is 8.89. The van der Waals surface area contributed by atoms with Gasteiger partial charge in [0.25, 0.3) is 0 Å². The van der Waals surface area contributed by atoms with Crippen molar-refractivity contribution in [3.05, 3.63) is 17.0 Å². The standard InChI is InChI=1S/C13H22N2/c1-9(2)13-10(3)11(4)14-15(13)12-7-5-6-8-12/h9,12H,5-8H2,1-4H3. The third-order valence-electron chi connectivity index (χ3n) is 3.65. The van der Waals surface area contributed by atoms with Gasteiger partial charge in [-0.3, -0.25) is 4.68 Å². The topological polar surface area (TPSA) is 17.8 Å². The Hall–Kier alpha value is -0.790. The van der Waals surface area contributed by atoms with Crippen LogP contribution in [0.4, 0.5) is 0 Å². The summed E-state index contributed by atoms with van der Waals surface area (Å²) in [6, 6.07) is 0.676. The van der Waals surface area contributed by atoms with Gasteiger partial charge >= 0.3 is 0 Å². The van der Waals surface area contributed by atoms with Crippen LogP contribution in [0.3, 0.4) is 0 Å². The second kappa shape index (κ2) is 3.99. The molecule has 84 valence electrons. The Labute approximate surface area is 92.7 Å². The molecule has 0 aromatic carbocycles. The minimum Gasteiger partial charge on any atom is -0.266 e. The Bertz CT molecular complexity index is 344. The lowest BCUT2D eigenvalue weighted by atomic mass is 10.0. The Morgan fingerprint density at radius 2 is 1.80 bits per heavy atom. The summed E-state index contributed by atoms with van der Waals surface area (Å²) in [5.41, 5.74) is 4.07. The van der Waals surface area contributed by atoms with E-state index in [0.29, 0.717) is 12.0 Å². The van der Waals surface area contributed by atoms with Gasteiger partial charge < -0.3 is 0 Å². The SMILES string of the molecule is Cc1nn(C2CCCC2)c(C(C)C)c1C. The largest absolute Gasteiger partial charge is 0.266 e. The van der Waals surface area contributed by atoms with Crippen LogP contribution >= 0.6 is 0 Å². The van der Waals surface area contributed by atoms with Crippen LogP contribution in [-0.2, 0) is 0 Å². The van der Waals surface area contributed by atoms with E-state index in [9.17, 15) is 0 Å². The molecule has 15 heavy (non-hydrogen) atoms. The maximum atomic E-state index is 4.73. The molecule has 0 radical (unpaired) electrons. The van der Waals surface area contributed by atoms with E-state index in [-0.39, 0.29) is 0 Å². The fourth-order valence-electron chi connectivity index (χ4n) is 2.77. The summed E-state index contributed by atoms with van der Waals surface area (Å²) in [5, 5.41) is 4.73. The van der Waals surface area contributed by atoms with Crippen molar-refractivity contribution >= 4 is 0 Å². The van der Waals surface area contributed by atoms with Gasteiger partial charge in [-0.15, -0.1) is 0 Å². The van der Waals surface area contributed by atoms with E-state index in [2.05, 4.69) is 32.4 Å². The molecule has 0 N–H and O–H groups in total. The van der Waals surface area contributed by atoms with E-state index in [0.717, 1.165) is 0 Å². The van der Waals surface area contributed by atoms with Crippen molar-refractivity contribution in [1.82, 2.24) is 9.78 Å².